The number of hydrogen-bond donors (Lipinski definition) is 1. The molecule has 2 N–H and O–H groups in total. The zero-order chi connectivity index (χ0) is 10.6. The first kappa shape index (κ1) is 11.6. The minimum absolute atomic E-state index is 0.156. The van der Waals surface area contributed by atoms with E-state index in [0.29, 0.717) is 17.6 Å². The molecular weight excluding hydrogens is 249 g/mol. The highest BCUT2D eigenvalue weighted by molar-refractivity contribution is 9.10. The van der Waals surface area contributed by atoms with Gasteiger partial charge in [0.05, 0.1) is 10.6 Å². The second-order valence-corrected chi connectivity index (χ2v) is 3.71. The summed E-state index contributed by atoms with van der Waals surface area (Å²) in [5.41, 5.74) is 6.44. The van der Waals surface area contributed by atoms with Crippen molar-refractivity contribution in [1.82, 2.24) is 0 Å². The predicted molar refractivity (Wildman–Crippen MR) is 57.5 cm³/mol. The topological polar surface area (TPSA) is 35.2 Å². The minimum Gasteiger partial charge on any atom is -0.372 e. The Bertz CT molecular complexity index is 306. The summed E-state index contributed by atoms with van der Waals surface area (Å²) in [7, 11) is 0. The third-order valence-electron chi connectivity index (χ3n) is 1.90. The van der Waals surface area contributed by atoms with Crippen LogP contribution in [0, 0.1) is 5.82 Å². The molecule has 0 saturated carbocycles. The van der Waals surface area contributed by atoms with Gasteiger partial charge in [-0.25, -0.2) is 4.39 Å². The molecule has 1 aromatic rings. The Kier molecular flexibility index (Phi) is 4.51. The van der Waals surface area contributed by atoms with Gasteiger partial charge in [0, 0.05) is 13.2 Å². The lowest BCUT2D eigenvalue weighted by Crippen LogP contribution is -2.15. The molecule has 0 spiro atoms. The Morgan fingerprint density at radius 3 is 2.79 bits per heavy atom. The van der Waals surface area contributed by atoms with Crippen LogP contribution >= 0.6 is 15.9 Å². The van der Waals surface area contributed by atoms with Crippen molar-refractivity contribution in [2.75, 3.05) is 13.2 Å². The Morgan fingerprint density at radius 2 is 2.29 bits per heavy atom. The van der Waals surface area contributed by atoms with Gasteiger partial charge in [-0.15, -0.1) is 0 Å². The molecule has 2 nitrogen and oxygen atoms in total. The van der Waals surface area contributed by atoms with Crippen LogP contribution in [0.3, 0.4) is 0 Å². The van der Waals surface area contributed by atoms with E-state index in [0.717, 1.165) is 5.56 Å². The van der Waals surface area contributed by atoms with Gasteiger partial charge in [0.1, 0.15) is 5.82 Å². The summed E-state index contributed by atoms with van der Waals surface area (Å²) in [5.74, 6) is -0.277. The minimum atomic E-state index is -0.277. The molecule has 1 aromatic carbocycles. The summed E-state index contributed by atoms with van der Waals surface area (Å²) in [6, 6.07) is 4.79. The van der Waals surface area contributed by atoms with E-state index in [1.165, 1.54) is 6.07 Å². The van der Waals surface area contributed by atoms with Gasteiger partial charge in [-0.1, -0.05) is 6.07 Å². The maximum absolute atomic E-state index is 12.9. The van der Waals surface area contributed by atoms with Crippen molar-refractivity contribution < 1.29 is 9.13 Å². The molecule has 0 radical (unpaired) electrons. The molecule has 0 heterocycles. The van der Waals surface area contributed by atoms with E-state index in [1.54, 1.807) is 12.1 Å². The number of ether oxygens (including phenoxy) is 1. The molecule has 0 aromatic heterocycles. The smallest absolute Gasteiger partial charge is 0.137 e. The largest absolute Gasteiger partial charge is 0.372 e. The van der Waals surface area contributed by atoms with Crippen LogP contribution in [0.15, 0.2) is 22.7 Å². The molecular formula is C10H13BrFNO. The van der Waals surface area contributed by atoms with Crippen molar-refractivity contribution in [3.63, 3.8) is 0 Å². The van der Waals surface area contributed by atoms with Crippen molar-refractivity contribution in [3.8, 4) is 0 Å². The molecule has 0 aliphatic rings. The first-order valence-corrected chi connectivity index (χ1v) is 5.25. The summed E-state index contributed by atoms with van der Waals surface area (Å²) in [6.07, 6.45) is -0.156. The van der Waals surface area contributed by atoms with Crippen LogP contribution < -0.4 is 5.73 Å². The SMILES string of the molecule is CCOC(CN)c1ccc(F)c(Br)c1. The standard InChI is InChI=1S/C10H13BrFNO/c1-2-14-10(6-13)7-3-4-9(12)8(11)5-7/h3-5,10H,2,6,13H2,1H3. The molecule has 0 amide bonds. The Labute approximate surface area is 91.4 Å². The highest BCUT2D eigenvalue weighted by Crippen LogP contribution is 2.22. The van der Waals surface area contributed by atoms with E-state index >= 15 is 0 Å². The molecule has 0 aliphatic carbocycles. The highest BCUT2D eigenvalue weighted by Gasteiger charge is 2.10. The van der Waals surface area contributed by atoms with Gasteiger partial charge in [-0.3, -0.25) is 0 Å². The monoisotopic (exact) mass is 261 g/mol. The van der Waals surface area contributed by atoms with Crippen molar-refractivity contribution in [3.05, 3.63) is 34.1 Å². The van der Waals surface area contributed by atoms with E-state index in [9.17, 15) is 4.39 Å². The van der Waals surface area contributed by atoms with Crippen LogP contribution in [0.4, 0.5) is 4.39 Å². The van der Waals surface area contributed by atoms with Gasteiger partial charge in [0.15, 0.2) is 0 Å². The summed E-state index contributed by atoms with van der Waals surface area (Å²) in [5, 5.41) is 0. The number of rotatable bonds is 4. The maximum atomic E-state index is 12.9. The van der Waals surface area contributed by atoms with Crippen molar-refractivity contribution >= 4 is 15.9 Å². The van der Waals surface area contributed by atoms with Gasteiger partial charge in [0.2, 0.25) is 0 Å². The summed E-state index contributed by atoms with van der Waals surface area (Å²) in [4.78, 5) is 0. The van der Waals surface area contributed by atoms with E-state index in [-0.39, 0.29) is 11.9 Å². The third kappa shape index (κ3) is 2.77. The summed E-state index contributed by atoms with van der Waals surface area (Å²) >= 11 is 3.12. The van der Waals surface area contributed by atoms with Crippen molar-refractivity contribution in [2.45, 2.75) is 13.0 Å². The lowest BCUT2D eigenvalue weighted by Gasteiger charge is -2.15. The molecule has 0 aliphatic heterocycles. The van der Waals surface area contributed by atoms with Gasteiger partial charge >= 0.3 is 0 Å². The predicted octanol–water partition coefficient (Wildman–Crippen LogP) is 2.62. The number of nitrogens with two attached hydrogens (primary N) is 1. The average molecular weight is 262 g/mol. The molecule has 14 heavy (non-hydrogen) atoms. The van der Waals surface area contributed by atoms with Crippen LogP contribution in [0.25, 0.3) is 0 Å². The molecule has 1 atom stereocenters. The first-order valence-electron chi connectivity index (χ1n) is 4.45. The van der Waals surface area contributed by atoms with E-state index in [1.807, 2.05) is 6.92 Å². The second kappa shape index (κ2) is 5.44. The fraction of sp³-hybridized carbons (Fsp3) is 0.400. The van der Waals surface area contributed by atoms with Gasteiger partial charge in [-0.2, -0.15) is 0 Å². The molecule has 0 fully saturated rings. The summed E-state index contributed by atoms with van der Waals surface area (Å²) in [6.45, 7) is 2.89. The second-order valence-electron chi connectivity index (χ2n) is 2.85. The molecule has 0 saturated heterocycles. The fourth-order valence-electron chi connectivity index (χ4n) is 1.21. The Morgan fingerprint density at radius 1 is 1.57 bits per heavy atom. The molecule has 78 valence electrons. The maximum Gasteiger partial charge on any atom is 0.137 e. The Hall–Kier alpha value is -0.450. The van der Waals surface area contributed by atoms with E-state index < -0.39 is 0 Å². The fourth-order valence-corrected chi connectivity index (χ4v) is 1.61. The van der Waals surface area contributed by atoms with Crippen LogP contribution in [0.5, 0.6) is 0 Å². The van der Waals surface area contributed by atoms with Crippen LogP contribution in [-0.2, 0) is 4.74 Å². The average Bonchev–Trinajstić information content (AvgIpc) is 2.19. The Balaban J connectivity index is 2.88. The highest BCUT2D eigenvalue weighted by atomic mass is 79.9. The van der Waals surface area contributed by atoms with Gasteiger partial charge in [-0.05, 0) is 40.5 Å². The van der Waals surface area contributed by atoms with E-state index in [2.05, 4.69) is 15.9 Å². The zero-order valence-corrected chi connectivity index (χ0v) is 9.55. The van der Waals surface area contributed by atoms with Crippen LogP contribution in [-0.4, -0.2) is 13.2 Å². The normalized spacial score (nSPS) is 12.9. The first-order chi connectivity index (χ1) is 6.69. The lowest BCUT2D eigenvalue weighted by atomic mass is 10.1. The van der Waals surface area contributed by atoms with Crippen LogP contribution in [0.2, 0.25) is 0 Å². The number of halogens is 2. The van der Waals surface area contributed by atoms with Gasteiger partial charge < -0.3 is 10.5 Å². The molecule has 4 heteroatoms. The third-order valence-corrected chi connectivity index (χ3v) is 2.51. The number of benzene rings is 1. The van der Waals surface area contributed by atoms with Crippen molar-refractivity contribution in [2.24, 2.45) is 5.73 Å². The number of hydrogen-bond acceptors (Lipinski definition) is 2. The van der Waals surface area contributed by atoms with Crippen LogP contribution in [0.1, 0.15) is 18.6 Å². The summed E-state index contributed by atoms with van der Waals surface area (Å²) < 4.78 is 18.8. The zero-order valence-electron chi connectivity index (χ0n) is 7.97. The molecule has 1 unspecified atom stereocenters. The van der Waals surface area contributed by atoms with E-state index in [4.69, 9.17) is 10.5 Å². The lowest BCUT2D eigenvalue weighted by molar-refractivity contribution is 0.0687. The van der Waals surface area contributed by atoms with Crippen molar-refractivity contribution in [1.29, 1.82) is 0 Å². The molecule has 0 bridgehead atoms. The quantitative estimate of drug-likeness (QED) is 0.905. The van der Waals surface area contributed by atoms with Gasteiger partial charge in [0.25, 0.3) is 0 Å². The molecule has 1 rings (SSSR count).